The summed E-state index contributed by atoms with van der Waals surface area (Å²) in [6, 6.07) is 8.55. The van der Waals surface area contributed by atoms with Gasteiger partial charge in [0.2, 0.25) is 5.91 Å². The van der Waals surface area contributed by atoms with Crippen LogP contribution in [0.1, 0.15) is 27.7 Å². The van der Waals surface area contributed by atoms with Crippen molar-refractivity contribution in [3.63, 3.8) is 0 Å². The maximum absolute atomic E-state index is 12.5. The van der Waals surface area contributed by atoms with Gasteiger partial charge in [0.1, 0.15) is 16.5 Å². The van der Waals surface area contributed by atoms with E-state index < -0.39 is 23.6 Å². The van der Waals surface area contributed by atoms with Crippen LogP contribution in [0.25, 0.3) is 10.8 Å². The van der Waals surface area contributed by atoms with Crippen molar-refractivity contribution in [3.8, 4) is 0 Å². The second kappa shape index (κ2) is 6.76. The van der Waals surface area contributed by atoms with Crippen LogP contribution in [-0.2, 0) is 4.79 Å². The van der Waals surface area contributed by atoms with Crippen molar-refractivity contribution >= 4 is 44.5 Å². The first kappa shape index (κ1) is 18.2. The van der Waals surface area contributed by atoms with Crippen LogP contribution in [0.2, 0.25) is 0 Å². The molecular weight excluding hydrogens is 374 g/mol. The molecule has 1 aromatic carbocycles. The normalized spacial score (nSPS) is 12.7. The Kier molecular flexibility index (Phi) is 5.13. The molecule has 2 rings (SSSR count). The highest BCUT2D eigenvalue weighted by Crippen LogP contribution is 2.25. The average molecular weight is 394 g/mol. The fourth-order valence-corrected chi connectivity index (χ4v) is 3.15. The Morgan fingerprint density at radius 3 is 2.50 bits per heavy atom. The number of nitrogens with zero attached hydrogens (tertiary/aromatic N) is 2. The van der Waals surface area contributed by atoms with E-state index >= 15 is 0 Å². The predicted octanol–water partition coefficient (Wildman–Crippen LogP) is 4.10. The van der Waals surface area contributed by atoms with Gasteiger partial charge in [-0.1, -0.05) is 24.3 Å². The summed E-state index contributed by atoms with van der Waals surface area (Å²) in [6.07, 6.45) is -1.14. The Hall–Kier alpha value is -2.15. The van der Waals surface area contributed by atoms with Crippen molar-refractivity contribution in [2.45, 2.75) is 39.3 Å². The lowest BCUT2D eigenvalue weighted by Gasteiger charge is -2.37. The number of halogens is 1. The van der Waals surface area contributed by atoms with Gasteiger partial charge >= 0.3 is 6.09 Å². The zero-order valence-electron chi connectivity index (χ0n) is 14.0. The molecule has 1 aromatic heterocycles. The number of anilines is 1. The lowest BCUT2D eigenvalue weighted by molar-refractivity contribution is -0.121. The fraction of sp³-hybridized carbons (Fsp3) is 0.353. The van der Waals surface area contributed by atoms with E-state index in [2.05, 4.69) is 26.2 Å². The van der Waals surface area contributed by atoms with E-state index in [1.807, 2.05) is 24.3 Å². The van der Waals surface area contributed by atoms with Crippen molar-refractivity contribution in [2.75, 3.05) is 5.32 Å². The van der Waals surface area contributed by atoms with E-state index in [9.17, 15) is 14.7 Å². The molecule has 24 heavy (non-hydrogen) atoms. The maximum atomic E-state index is 12.5. The van der Waals surface area contributed by atoms with Gasteiger partial charge in [-0.2, -0.15) is 0 Å². The van der Waals surface area contributed by atoms with Gasteiger partial charge in [0.05, 0.1) is 0 Å². The van der Waals surface area contributed by atoms with E-state index in [0.717, 1.165) is 15.7 Å². The highest BCUT2D eigenvalue weighted by atomic mass is 79.9. The third kappa shape index (κ3) is 3.84. The van der Waals surface area contributed by atoms with E-state index in [1.54, 1.807) is 33.8 Å². The topological polar surface area (TPSA) is 82.5 Å². The summed E-state index contributed by atoms with van der Waals surface area (Å²) in [7, 11) is 0. The zero-order chi connectivity index (χ0) is 18.1. The van der Waals surface area contributed by atoms with Crippen LogP contribution in [-0.4, -0.2) is 38.6 Å². The van der Waals surface area contributed by atoms with Gasteiger partial charge < -0.3 is 10.4 Å². The van der Waals surface area contributed by atoms with E-state index in [0.29, 0.717) is 10.4 Å². The highest BCUT2D eigenvalue weighted by molar-refractivity contribution is 9.10. The minimum Gasteiger partial charge on any atom is -0.465 e. The summed E-state index contributed by atoms with van der Waals surface area (Å²) in [4.78, 5) is 29.4. The van der Waals surface area contributed by atoms with E-state index in [1.165, 1.54) is 0 Å². The van der Waals surface area contributed by atoms with Crippen LogP contribution in [0.5, 0.6) is 0 Å². The molecule has 0 aliphatic heterocycles. The number of fused-ring (bicyclic) bond motifs is 1. The van der Waals surface area contributed by atoms with Crippen LogP contribution in [0.3, 0.4) is 0 Å². The molecule has 0 fully saturated rings. The molecule has 0 saturated carbocycles. The van der Waals surface area contributed by atoms with E-state index in [4.69, 9.17) is 0 Å². The molecule has 2 N–H and O–H groups in total. The van der Waals surface area contributed by atoms with Gasteiger partial charge in [-0.05, 0) is 55.1 Å². The molecule has 0 bridgehead atoms. The molecule has 2 amide bonds. The molecule has 0 saturated heterocycles. The summed E-state index contributed by atoms with van der Waals surface area (Å²) in [5.41, 5.74) is -0.694. The van der Waals surface area contributed by atoms with Gasteiger partial charge in [0.15, 0.2) is 0 Å². The van der Waals surface area contributed by atoms with Gasteiger partial charge in [-0.25, -0.2) is 9.78 Å². The molecule has 0 aliphatic rings. The fourth-order valence-electron chi connectivity index (χ4n) is 2.60. The zero-order valence-corrected chi connectivity index (χ0v) is 15.6. The number of hydrogen-bond acceptors (Lipinski definition) is 3. The molecule has 1 atom stereocenters. The quantitative estimate of drug-likeness (QED) is 0.768. The molecule has 0 radical (unpaired) electrons. The molecule has 0 spiro atoms. The Labute approximate surface area is 149 Å². The highest BCUT2D eigenvalue weighted by Gasteiger charge is 2.34. The third-order valence-corrected chi connectivity index (χ3v) is 4.25. The van der Waals surface area contributed by atoms with Crippen LogP contribution < -0.4 is 5.32 Å². The minimum atomic E-state index is -1.14. The predicted molar refractivity (Wildman–Crippen MR) is 97.2 cm³/mol. The van der Waals surface area contributed by atoms with Gasteiger partial charge in [-0.3, -0.25) is 9.69 Å². The number of rotatable bonds is 3. The number of carbonyl (C=O) groups is 2. The van der Waals surface area contributed by atoms with Gasteiger partial charge in [-0.15, -0.1) is 0 Å². The monoisotopic (exact) mass is 393 g/mol. The number of carboxylic acid groups (broad SMARTS) is 1. The first-order chi connectivity index (χ1) is 11.1. The standard InChI is InChI=1S/C17H20BrN3O3/c1-10(21(16(23)24)17(2,3)4)15(22)20-13-9-11-7-5-6-8-12(11)14(18)19-13/h5-10H,1-4H3,(H,23,24)(H,19,20,22). The molecule has 1 unspecified atom stereocenters. The summed E-state index contributed by atoms with van der Waals surface area (Å²) >= 11 is 3.39. The molecule has 7 heteroatoms. The summed E-state index contributed by atoms with van der Waals surface area (Å²) in [5, 5.41) is 14.0. The van der Waals surface area contributed by atoms with Crippen molar-refractivity contribution in [2.24, 2.45) is 0 Å². The van der Waals surface area contributed by atoms with Crippen LogP contribution >= 0.6 is 15.9 Å². The van der Waals surface area contributed by atoms with Gasteiger partial charge in [0, 0.05) is 10.9 Å². The second-order valence-electron chi connectivity index (χ2n) is 6.51. The van der Waals surface area contributed by atoms with E-state index in [-0.39, 0.29) is 0 Å². The lowest BCUT2D eigenvalue weighted by Crippen LogP contribution is -2.54. The molecular formula is C17H20BrN3O3. The summed E-state index contributed by atoms with van der Waals surface area (Å²) in [6.45, 7) is 6.80. The third-order valence-electron chi connectivity index (χ3n) is 3.64. The Morgan fingerprint density at radius 1 is 1.29 bits per heavy atom. The summed E-state index contributed by atoms with van der Waals surface area (Å²) < 4.78 is 0.620. The van der Waals surface area contributed by atoms with Crippen molar-refractivity contribution < 1.29 is 14.7 Å². The number of carbonyl (C=O) groups excluding carboxylic acids is 1. The van der Waals surface area contributed by atoms with Crippen LogP contribution in [0.4, 0.5) is 10.6 Å². The van der Waals surface area contributed by atoms with Gasteiger partial charge in [0.25, 0.3) is 0 Å². The maximum Gasteiger partial charge on any atom is 0.408 e. The number of benzene rings is 1. The molecule has 6 nitrogen and oxygen atoms in total. The Balaban J connectivity index is 2.27. The Morgan fingerprint density at radius 2 is 1.92 bits per heavy atom. The molecule has 0 aliphatic carbocycles. The first-order valence-corrected chi connectivity index (χ1v) is 8.29. The number of aromatic nitrogens is 1. The second-order valence-corrected chi connectivity index (χ2v) is 7.26. The first-order valence-electron chi connectivity index (χ1n) is 7.49. The lowest BCUT2D eigenvalue weighted by atomic mass is 10.0. The number of nitrogens with one attached hydrogen (secondary N) is 1. The van der Waals surface area contributed by atoms with Crippen molar-refractivity contribution in [1.82, 2.24) is 9.88 Å². The SMILES string of the molecule is CC(C(=O)Nc1cc2ccccc2c(Br)n1)N(C(=O)O)C(C)(C)C. The van der Waals surface area contributed by atoms with Crippen molar-refractivity contribution in [1.29, 1.82) is 0 Å². The smallest absolute Gasteiger partial charge is 0.408 e. The minimum absolute atomic E-state index is 0.372. The molecule has 1 heterocycles. The number of pyridine rings is 1. The van der Waals surface area contributed by atoms with Crippen LogP contribution in [0, 0.1) is 0 Å². The molecule has 128 valence electrons. The average Bonchev–Trinajstić information content (AvgIpc) is 2.45. The molecule has 2 aromatic rings. The van der Waals surface area contributed by atoms with Crippen molar-refractivity contribution in [3.05, 3.63) is 34.9 Å². The number of amides is 2. The number of hydrogen-bond donors (Lipinski definition) is 2. The Bertz CT molecular complexity index is 786. The summed E-state index contributed by atoms with van der Waals surface area (Å²) in [5.74, 6) is -0.0568. The largest absolute Gasteiger partial charge is 0.465 e. The van der Waals surface area contributed by atoms with Crippen LogP contribution in [0.15, 0.2) is 34.9 Å².